The highest BCUT2D eigenvalue weighted by Crippen LogP contribution is 2.27. The zero-order chi connectivity index (χ0) is 18.8. The Hall–Kier alpha value is -2.94. The number of nitrogens with zero attached hydrogens (tertiary/aromatic N) is 5. The number of imidazole rings is 1. The molecule has 0 spiro atoms. The quantitative estimate of drug-likeness (QED) is 0.709. The molecule has 9 nitrogen and oxygen atoms in total. The fourth-order valence-corrected chi connectivity index (χ4v) is 3.20. The zero-order valence-electron chi connectivity index (χ0n) is 15.4. The highest BCUT2D eigenvalue weighted by atomic mass is 16.5. The van der Waals surface area contributed by atoms with Crippen molar-refractivity contribution >= 4 is 17.2 Å². The predicted molar refractivity (Wildman–Crippen MR) is 97.9 cm³/mol. The first-order chi connectivity index (χ1) is 13.1. The van der Waals surface area contributed by atoms with Gasteiger partial charge in [-0.25, -0.2) is 9.97 Å². The molecule has 1 fully saturated rings. The van der Waals surface area contributed by atoms with Gasteiger partial charge in [-0.1, -0.05) is 0 Å². The summed E-state index contributed by atoms with van der Waals surface area (Å²) in [6.45, 7) is 3.99. The Kier molecular flexibility index (Phi) is 4.76. The van der Waals surface area contributed by atoms with Gasteiger partial charge < -0.3 is 19.2 Å². The Labute approximate surface area is 156 Å². The van der Waals surface area contributed by atoms with E-state index in [0.29, 0.717) is 24.0 Å². The van der Waals surface area contributed by atoms with Gasteiger partial charge in [0.05, 0.1) is 12.3 Å². The maximum absolute atomic E-state index is 12.4. The second kappa shape index (κ2) is 7.36. The molecule has 142 valence electrons. The van der Waals surface area contributed by atoms with E-state index in [1.54, 1.807) is 7.05 Å². The molecule has 0 radical (unpaired) electrons. The summed E-state index contributed by atoms with van der Waals surface area (Å²) in [6.07, 6.45) is 7.22. The molecule has 1 atom stereocenters. The molecular weight excluding hydrogens is 348 g/mol. The summed E-state index contributed by atoms with van der Waals surface area (Å²) in [4.78, 5) is 21.1. The number of hydrogen-bond donors (Lipinski definition) is 1. The molecule has 0 bridgehead atoms. The molecule has 27 heavy (non-hydrogen) atoms. The van der Waals surface area contributed by atoms with Crippen LogP contribution in [0.15, 0.2) is 24.8 Å². The van der Waals surface area contributed by atoms with Crippen LogP contribution in [-0.2, 0) is 18.2 Å². The number of pyridine rings is 1. The van der Waals surface area contributed by atoms with Crippen molar-refractivity contribution in [2.75, 3.05) is 25.1 Å². The summed E-state index contributed by atoms with van der Waals surface area (Å²) in [5.74, 6) is 0.790. The number of amides is 1. The number of anilines is 1. The van der Waals surface area contributed by atoms with Crippen molar-refractivity contribution in [3.8, 4) is 5.75 Å². The van der Waals surface area contributed by atoms with Gasteiger partial charge in [0.1, 0.15) is 23.4 Å². The van der Waals surface area contributed by atoms with Crippen molar-refractivity contribution in [3.63, 3.8) is 0 Å². The molecular formula is C18H22N6O3. The average molecular weight is 370 g/mol. The fraction of sp³-hybridized carbons (Fsp3) is 0.444. The van der Waals surface area contributed by atoms with E-state index in [4.69, 9.17) is 9.47 Å². The lowest BCUT2D eigenvalue weighted by molar-refractivity contribution is 0.101. The number of rotatable bonds is 6. The number of ether oxygens (including phenoxy) is 2. The predicted octanol–water partition coefficient (Wildman–Crippen LogP) is 1.69. The Morgan fingerprint density at radius 3 is 3.04 bits per heavy atom. The average Bonchev–Trinajstić information content (AvgIpc) is 3.37. The molecule has 1 saturated heterocycles. The summed E-state index contributed by atoms with van der Waals surface area (Å²) in [5, 5.41) is 6.86. The number of hydrogen-bond acceptors (Lipinski definition) is 6. The van der Waals surface area contributed by atoms with E-state index < -0.39 is 0 Å². The molecule has 0 saturated carbocycles. The molecule has 1 aliphatic rings. The van der Waals surface area contributed by atoms with Crippen LogP contribution in [0.4, 0.5) is 5.69 Å². The van der Waals surface area contributed by atoms with Gasteiger partial charge in [-0.15, -0.1) is 5.10 Å². The lowest BCUT2D eigenvalue weighted by atomic mass is 10.0. The Morgan fingerprint density at radius 2 is 2.33 bits per heavy atom. The van der Waals surface area contributed by atoms with Crippen molar-refractivity contribution in [3.05, 3.63) is 36.3 Å². The van der Waals surface area contributed by atoms with E-state index in [2.05, 4.69) is 20.4 Å². The summed E-state index contributed by atoms with van der Waals surface area (Å²) >= 11 is 0. The molecule has 1 N–H and O–H groups in total. The van der Waals surface area contributed by atoms with Gasteiger partial charge in [-0.3, -0.25) is 9.48 Å². The minimum Gasteiger partial charge on any atom is -0.491 e. The molecule has 0 aromatic carbocycles. The molecule has 0 aliphatic carbocycles. The van der Waals surface area contributed by atoms with Crippen molar-refractivity contribution in [2.24, 2.45) is 13.0 Å². The van der Waals surface area contributed by atoms with Gasteiger partial charge in [0.2, 0.25) is 5.82 Å². The van der Waals surface area contributed by atoms with Crippen LogP contribution in [0, 0.1) is 5.92 Å². The maximum atomic E-state index is 12.4. The molecule has 4 rings (SSSR count). The Morgan fingerprint density at radius 1 is 1.44 bits per heavy atom. The van der Waals surface area contributed by atoms with Crippen LogP contribution in [0.5, 0.6) is 5.75 Å². The zero-order valence-corrected chi connectivity index (χ0v) is 15.4. The van der Waals surface area contributed by atoms with E-state index in [0.717, 1.165) is 37.4 Å². The van der Waals surface area contributed by atoms with Gasteiger partial charge in [0, 0.05) is 38.7 Å². The van der Waals surface area contributed by atoms with Crippen molar-refractivity contribution in [1.82, 2.24) is 24.1 Å². The van der Waals surface area contributed by atoms with E-state index >= 15 is 0 Å². The number of carbonyl (C=O) groups is 1. The first-order valence-electron chi connectivity index (χ1n) is 9.01. The minimum atomic E-state index is -0.389. The molecule has 3 aromatic heterocycles. The number of fused-ring (bicyclic) bond motifs is 1. The highest BCUT2D eigenvalue weighted by molar-refractivity contribution is 6.02. The highest BCUT2D eigenvalue weighted by Gasteiger charge is 2.19. The second-order valence-corrected chi connectivity index (χ2v) is 6.61. The monoisotopic (exact) mass is 370 g/mol. The normalized spacial score (nSPS) is 16.7. The Balaban J connectivity index is 1.61. The van der Waals surface area contributed by atoms with Crippen LogP contribution >= 0.6 is 0 Å². The summed E-state index contributed by atoms with van der Waals surface area (Å²) in [7, 11) is 1.71. The standard InChI is InChI=1S/C18H22N6O3/c1-3-27-15-7-16-20-13(6-12-4-5-26-10-12)8-24(16)9-14(15)21-18(25)17-19-11-23(2)22-17/h7-9,11-12H,3-6,10H2,1-2H3,(H,21,25). The SMILES string of the molecule is CCOc1cc2nc(CC3CCOC3)cn2cc1NC(=O)c1ncn(C)n1. The lowest BCUT2D eigenvalue weighted by Gasteiger charge is -2.11. The molecule has 4 heterocycles. The number of aryl methyl sites for hydroxylation is 1. The minimum absolute atomic E-state index is 0.104. The summed E-state index contributed by atoms with van der Waals surface area (Å²) in [5.41, 5.74) is 2.33. The third kappa shape index (κ3) is 3.77. The number of carbonyl (C=O) groups excluding carboxylic acids is 1. The Bertz CT molecular complexity index is 957. The van der Waals surface area contributed by atoms with Crippen LogP contribution in [0.25, 0.3) is 5.65 Å². The molecule has 3 aromatic rings. The second-order valence-electron chi connectivity index (χ2n) is 6.61. The van der Waals surface area contributed by atoms with E-state index in [9.17, 15) is 4.79 Å². The third-order valence-corrected chi connectivity index (χ3v) is 4.48. The maximum Gasteiger partial charge on any atom is 0.295 e. The first kappa shape index (κ1) is 17.5. The van der Waals surface area contributed by atoms with Gasteiger partial charge in [0.25, 0.3) is 5.91 Å². The van der Waals surface area contributed by atoms with Gasteiger partial charge in [-0.05, 0) is 25.7 Å². The van der Waals surface area contributed by atoms with Gasteiger partial charge >= 0.3 is 0 Å². The van der Waals surface area contributed by atoms with Crippen LogP contribution in [0.2, 0.25) is 0 Å². The number of aromatic nitrogens is 5. The summed E-state index contributed by atoms with van der Waals surface area (Å²) < 4.78 is 14.5. The van der Waals surface area contributed by atoms with Crippen LogP contribution in [0.1, 0.15) is 29.7 Å². The van der Waals surface area contributed by atoms with Crippen molar-refractivity contribution in [1.29, 1.82) is 0 Å². The largest absolute Gasteiger partial charge is 0.491 e. The molecule has 9 heteroatoms. The molecule has 1 amide bonds. The number of nitrogens with one attached hydrogen (secondary N) is 1. The van der Waals surface area contributed by atoms with E-state index in [1.807, 2.05) is 29.8 Å². The summed E-state index contributed by atoms with van der Waals surface area (Å²) in [6, 6.07) is 1.83. The third-order valence-electron chi connectivity index (χ3n) is 4.48. The van der Waals surface area contributed by atoms with Crippen LogP contribution < -0.4 is 10.1 Å². The van der Waals surface area contributed by atoms with Gasteiger partial charge in [0.15, 0.2) is 0 Å². The van der Waals surface area contributed by atoms with Crippen LogP contribution in [-0.4, -0.2) is 49.9 Å². The van der Waals surface area contributed by atoms with Gasteiger partial charge in [-0.2, -0.15) is 0 Å². The van der Waals surface area contributed by atoms with Crippen LogP contribution in [0.3, 0.4) is 0 Å². The smallest absolute Gasteiger partial charge is 0.295 e. The van der Waals surface area contributed by atoms with E-state index in [-0.39, 0.29) is 11.7 Å². The topological polar surface area (TPSA) is 95.6 Å². The van der Waals surface area contributed by atoms with Crippen molar-refractivity contribution in [2.45, 2.75) is 19.8 Å². The fourth-order valence-electron chi connectivity index (χ4n) is 3.20. The molecule has 1 aliphatic heterocycles. The lowest BCUT2D eigenvalue weighted by Crippen LogP contribution is -2.15. The van der Waals surface area contributed by atoms with Crippen molar-refractivity contribution < 1.29 is 14.3 Å². The molecule has 1 unspecified atom stereocenters. The first-order valence-corrected chi connectivity index (χ1v) is 9.01. The van der Waals surface area contributed by atoms with E-state index in [1.165, 1.54) is 11.0 Å².